The van der Waals surface area contributed by atoms with Gasteiger partial charge >= 0.3 is 6.36 Å². The first kappa shape index (κ1) is 20.7. The monoisotopic (exact) mass is 401 g/mol. The molecular weight excluding hydrogens is 375 g/mol. The highest BCUT2D eigenvalue weighted by molar-refractivity contribution is 5.80. The zero-order valence-electron chi connectivity index (χ0n) is 15.9. The molecular formula is C19H26F3N3O3. The van der Waals surface area contributed by atoms with Crippen LogP contribution in [0.2, 0.25) is 0 Å². The summed E-state index contributed by atoms with van der Waals surface area (Å²) in [4.78, 5) is 6.51. The fraction of sp³-hybridized carbons (Fsp3) is 0.632. The number of hydrogen-bond donors (Lipinski definition) is 1. The number of nitrogens with one attached hydrogen (secondary N) is 1. The highest BCUT2D eigenvalue weighted by Crippen LogP contribution is 2.23. The number of ether oxygens (including phenoxy) is 3. The quantitative estimate of drug-likeness (QED) is 0.607. The number of hydrogen-bond acceptors (Lipinski definition) is 4. The van der Waals surface area contributed by atoms with E-state index in [1.165, 1.54) is 12.1 Å². The van der Waals surface area contributed by atoms with Crippen molar-refractivity contribution >= 4 is 5.96 Å². The van der Waals surface area contributed by atoms with Gasteiger partial charge in [-0.3, -0.25) is 4.99 Å². The lowest BCUT2D eigenvalue weighted by molar-refractivity contribution is -0.274. The van der Waals surface area contributed by atoms with Crippen LogP contribution >= 0.6 is 0 Å². The number of benzene rings is 1. The summed E-state index contributed by atoms with van der Waals surface area (Å²) in [6, 6.07) is 5.92. The lowest BCUT2D eigenvalue weighted by Gasteiger charge is -2.37. The largest absolute Gasteiger partial charge is 0.573 e. The molecule has 1 aromatic carbocycles. The standard InChI is InChI=1S/C19H26F3N3O3/c1-23-18(25-10-12-27-17(13-25)16-3-2-11-26-16)24-9-8-14-4-6-15(7-5-14)28-19(20,21)22/h4-7,16-17H,2-3,8-13H2,1H3,(H,23,24). The number of morpholine rings is 1. The van der Waals surface area contributed by atoms with E-state index in [-0.39, 0.29) is 18.0 Å². The van der Waals surface area contributed by atoms with Gasteiger partial charge in [0.05, 0.1) is 12.7 Å². The Morgan fingerprint density at radius 3 is 2.61 bits per heavy atom. The third-order valence-corrected chi connectivity index (χ3v) is 4.84. The van der Waals surface area contributed by atoms with Crippen LogP contribution in [0.15, 0.2) is 29.3 Å². The van der Waals surface area contributed by atoms with Crippen molar-refractivity contribution in [2.75, 3.05) is 39.9 Å². The number of aliphatic imine (C=N–C) groups is 1. The van der Waals surface area contributed by atoms with E-state index in [4.69, 9.17) is 9.47 Å². The smallest absolute Gasteiger partial charge is 0.406 e. The van der Waals surface area contributed by atoms with E-state index >= 15 is 0 Å². The Hall–Kier alpha value is -2.00. The van der Waals surface area contributed by atoms with Crippen molar-refractivity contribution in [3.05, 3.63) is 29.8 Å². The predicted octanol–water partition coefficient (Wildman–Crippen LogP) is 2.58. The Labute approximate surface area is 162 Å². The molecule has 3 rings (SSSR count). The van der Waals surface area contributed by atoms with Gasteiger partial charge < -0.3 is 24.4 Å². The molecule has 0 radical (unpaired) electrons. The van der Waals surface area contributed by atoms with Gasteiger partial charge in [-0.15, -0.1) is 13.2 Å². The van der Waals surface area contributed by atoms with Gasteiger partial charge in [0.1, 0.15) is 11.9 Å². The molecule has 2 aliphatic rings. The second kappa shape index (κ2) is 9.47. The van der Waals surface area contributed by atoms with Crippen LogP contribution in [0, 0.1) is 0 Å². The average molecular weight is 401 g/mol. The van der Waals surface area contributed by atoms with Gasteiger partial charge in [-0.1, -0.05) is 12.1 Å². The topological polar surface area (TPSA) is 55.3 Å². The minimum atomic E-state index is -4.67. The molecule has 2 aliphatic heterocycles. The fourth-order valence-corrected chi connectivity index (χ4v) is 3.50. The number of halogens is 3. The highest BCUT2D eigenvalue weighted by Gasteiger charge is 2.32. The number of guanidine groups is 1. The summed E-state index contributed by atoms with van der Waals surface area (Å²) in [5, 5.41) is 3.32. The van der Waals surface area contributed by atoms with Crippen LogP contribution in [0.5, 0.6) is 5.75 Å². The van der Waals surface area contributed by atoms with E-state index in [2.05, 4.69) is 19.9 Å². The molecule has 2 heterocycles. The summed E-state index contributed by atoms with van der Waals surface area (Å²) in [5.74, 6) is 0.580. The highest BCUT2D eigenvalue weighted by atomic mass is 19.4. The first-order chi connectivity index (χ1) is 13.4. The SMILES string of the molecule is CN=C(NCCc1ccc(OC(F)(F)F)cc1)N1CCOC(C2CCCO2)C1. The molecule has 9 heteroatoms. The van der Waals surface area contributed by atoms with Gasteiger partial charge in [-0.2, -0.15) is 0 Å². The predicted molar refractivity (Wildman–Crippen MR) is 98.5 cm³/mol. The van der Waals surface area contributed by atoms with Crippen LogP contribution < -0.4 is 10.1 Å². The molecule has 0 bridgehead atoms. The molecule has 0 amide bonds. The van der Waals surface area contributed by atoms with Crippen molar-refractivity contribution in [3.8, 4) is 5.75 Å². The Bertz CT molecular complexity index is 646. The molecule has 0 spiro atoms. The van der Waals surface area contributed by atoms with Crippen molar-refractivity contribution in [1.29, 1.82) is 0 Å². The van der Waals surface area contributed by atoms with E-state index < -0.39 is 6.36 Å². The first-order valence-electron chi connectivity index (χ1n) is 9.48. The van der Waals surface area contributed by atoms with Crippen LogP contribution in [0.3, 0.4) is 0 Å². The molecule has 1 aromatic rings. The molecule has 2 fully saturated rings. The molecule has 0 aromatic heterocycles. The normalized spacial score (nSPS) is 23.7. The number of rotatable bonds is 5. The summed E-state index contributed by atoms with van der Waals surface area (Å²) in [7, 11) is 1.74. The number of nitrogens with zero attached hydrogens (tertiary/aromatic N) is 2. The van der Waals surface area contributed by atoms with E-state index in [1.807, 2.05) is 0 Å². The second-order valence-electron chi connectivity index (χ2n) is 6.82. The zero-order valence-corrected chi connectivity index (χ0v) is 15.9. The molecule has 0 saturated carbocycles. The van der Waals surface area contributed by atoms with Gasteiger partial charge in [0.25, 0.3) is 0 Å². The van der Waals surface area contributed by atoms with Crippen molar-refractivity contribution in [2.45, 2.75) is 37.8 Å². The minimum absolute atomic E-state index is 0.0518. The molecule has 6 nitrogen and oxygen atoms in total. The average Bonchev–Trinajstić information content (AvgIpc) is 3.20. The van der Waals surface area contributed by atoms with Gasteiger partial charge in [0, 0.05) is 33.3 Å². The summed E-state index contributed by atoms with van der Waals surface area (Å²) < 4.78 is 52.1. The van der Waals surface area contributed by atoms with Gasteiger partial charge in [0.2, 0.25) is 0 Å². The van der Waals surface area contributed by atoms with Crippen molar-refractivity contribution in [2.24, 2.45) is 4.99 Å². The summed E-state index contributed by atoms with van der Waals surface area (Å²) in [5.41, 5.74) is 0.914. The minimum Gasteiger partial charge on any atom is -0.406 e. The lowest BCUT2D eigenvalue weighted by Crippen LogP contribution is -2.53. The maximum absolute atomic E-state index is 12.2. The summed E-state index contributed by atoms with van der Waals surface area (Å²) >= 11 is 0. The van der Waals surface area contributed by atoms with Crippen LogP contribution in [-0.4, -0.2) is 69.3 Å². The zero-order chi connectivity index (χ0) is 20.0. The summed E-state index contributed by atoms with van der Waals surface area (Å²) in [6.45, 7) is 3.53. The fourth-order valence-electron chi connectivity index (χ4n) is 3.50. The third-order valence-electron chi connectivity index (χ3n) is 4.84. The number of alkyl halides is 3. The van der Waals surface area contributed by atoms with Crippen LogP contribution in [0.1, 0.15) is 18.4 Å². The van der Waals surface area contributed by atoms with Crippen LogP contribution in [0.4, 0.5) is 13.2 Å². The second-order valence-corrected chi connectivity index (χ2v) is 6.82. The maximum atomic E-state index is 12.2. The van der Waals surface area contributed by atoms with Crippen LogP contribution in [0.25, 0.3) is 0 Å². The Morgan fingerprint density at radius 1 is 1.21 bits per heavy atom. The van der Waals surface area contributed by atoms with E-state index in [0.29, 0.717) is 19.6 Å². The molecule has 2 unspecified atom stereocenters. The van der Waals surface area contributed by atoms with Gasteiger partial charge in [0.15, 0.2) is 5.96 Å². The molecule has 156 valence electrons. The van der Waals surface area contributed by atoms with Crippen molar-refractivity contribution < 1.29 is 27.4 Å². The molecule has 2 atom stereocenters. The van der Waals surface area contributed by atoms with E-state index in [0.717, 1.165) is 44.1 Å². The summed E-state index contributed by atoms with van der Waals surface area (Å²) in [6.07, 6.45) is -1.71. The van der Waals surface area contributed by atoms with E-state index in [1.54, 1.807) is 19.2 Å². The molecule has 1 N–H and O–H groups in total. The molecule has 0 aliphatic carbocycles. The first-order valence-corrected chi connectivity index (χ1v) is 9.48. The maximum Gasteiger partial charge on any atom is 0.573 e. The van der Waals surface area contributed by atoms with Gasteiger partial charge in [-0.05, 0) is 37.0 Å². The third kappa shape index (κ3) is 6.00. The Kier molecular flexibility index (Phi) is 7.01. The Balaban J connectivity index is 1.46. The van der Waals surface area contributed by atoms with Crippen LogP contribution in [-0.2, 0) is 15.9 Å². The molecule has 2 saturated heterocycles. The Morgan fingerprint density at radius 2 is 1.96 bits per heavy atom. The van der Waals surface area contributed by atoms with E-state index in [9.17, 15) is 13.2 Å². The van der Waals surface area contributed by atoms with Crippen molar-refractivity contribution in [3.63, 3.8) is 0 Å². The van der Waals surface area contributed by atoms with Crippen molar-refractivity contribution in [1.82, 2.24) is 10.2 Å². The van der Waals surface area contributed by atoms with Gasteiger partial charge in [-0.25, -0.2) is 0 Å². The lowest BCUT2D eigenvalue weighted by atomic mass is 10.1. The molecule has 28 heavy (non-hydrogen) atoms.